The van der Waals surface area contributed by atoms with Crippen LogP contribution in [0.4, 0.5) is 8.78 Å². The van der Waals surface area contributed by atoms with Crippen molar-refractivity contribution in [1.29, 1.82) is 0 Å². The van der Waals surface area contributed by atoms with E-state index >= 15 is 0 Å². The standard InChI is InChI=1S/C13H8F2N2O2/c1-7(18)12-11(16-13-17(12)4-5-19-13)9-3-2-8(14)6-10(9)15/h2-6H,1H3. The number of halogens is 2. The van der Waals surface area contributed by atoms with Crippen LogP contribution < -0.4 is 0 Å². The number of hydrogen-bond acceptors (Lipinski definition) is 3. The van der Waals surface area contributed by atoms with Crippen LogP contribution in [0.15, 0.2) is 35.1 Å². The van der Waals surface area contributed by atoms with Gasteiger partial charge >= 0.3 is 5.84 Å². The lowest BCUT2D eigenvalue weighted by Crippen LogP contribution is -2.00. The van der Waals surface area contributed by atoms with Crippen molar-refractivity contribution in [2.75, 3.05) is 0 Å². The predicted octanol–water partition coefficient (Wildman–Crippen LogP) is 3.08. The van der Waals surface area contributed by atoms with Gasteiger partial charge in [0.2, 0.25) is 0 Å². The minimum atomic E-state index is -0.775. The molecule has 0 radical (unpaired) electrons. The Morgan fingerprint density at radius 1 is 1.37 bits per heavy atom. The number of imidazole rings is 1. The van der Waals surface area contributed by atoms with Crippen molar-refractivity contribution in [3.8, 4) is 11.3 Å². The Morgan fingerprint density at radius 2 is 2.16 bits per heavy atom. The van der Waals surface area contributed by atoms with Crippen LogP contribution in [0.5, 0.6) is 0 Å². The highest BCUT2D eigenvalue weighted by Gasteiger charge is 2.21. The van der Waals surface area contributed by atoms with Gasteiger partial charge in [0, 0.05) is 24.8 Å². The first-order valence-electron chi connectivity index (χ1n) is 5.50. The monoisotopic (exact) mass is 262 g/mol. The number of fused-ring (bicyclic) bond motifs is 1. The van der Waals surface area contributed by atoms with Crippen LogP contribution in [-0.4, -0.2) is 15.2 Å². The second kappa shape index (κ2) is 4.01. The van der Waals surface area contributed by atoms with Gasteiger partial charge in [0.05, 0.1) is 0 Å². The predicted molar refractivity (Wildman–Crippen MR) is 62.8 cm³/mol. The summed E-state index contributed by atoms with van der Waals surface area (Å²) >= 11 is 0. The Kier molecular flexibility index (Phi) is 2.45. The van der Waals surface area contributed by atoms with Gasteiger partial charge in [0.1, 0.15) is 29.3 Å². The van der Waals surface area contributed by atoms with Crippen LogP contribution in [0.25, 0.3) is 17.1 Å². The summed E-state index contributed by atoms with van der Waals surface area (Å²) in [6, 6.07) is 3.11. The Balaban J connectivity index is 2.32. The van der Waals surface area contributed by atoms with Crippen molar-refractivity contribution < 1.29 is 18.0 Å². The summed E-state index contributed by atoms with van der Waals surface area (Å²) in [5.74, 6) is -1.56. The number of carbonyl (C=O) groups is 1. The lowest BCUT2D eigenvalue weighted by atomic mass is 10.1. The molecule has 2 aromatic heterocycles. The average molecular weight is 262 g/mol. The Labute approximate surface area is 106 Å². The zero-order valence-electron chi connectivity index (χ0n) is 9.85. The number of ketones is 1. The SMILES string of the molecule is CC(=O)c1c(-c2ccc(F)cc2F)nc2occn12. The van der Waals surface area contributed by atoms with E-state index in [9.17, 15) is 13.6 Å². The van der Waals surface area contributed by atoms with Gasteiger partial charge in [-0.1, -0.05) is 0 Å². The molecule has 0 spiro atoms. The molecule has 2 heterocycles. The quantitative estimate of drug-likeness (QED) is 0.667. The van der Waals surface area contributed by atoms with Crippen LogP contribution in [0, 0.1) is 11.6 Å². The highest BCUT2D eigenvalue weighted by molar-refractivity contribution is 5.99. The summed E-state index contributed by atoms with van der Waals surface area (Å²) in [7, 11) is 0. The maximum absolute atomic E-state index is 13.8. The van der Waals surface area contributed by atoms with Gasteiger partial charge < -0.3 is 4.42 Å². The third-order valence-corrected chi connectivity index (χ3v) is 2.78. The molecule has 19 heavy (non-hydrogen) atoms. The van der Waals surface area contributed by atoms with Gasteiger partial charge in [-0.3, -0.25) is 9.20 Å². The largest absolute Gasteiger partial charge is 0.432 e. The van der Waals surface area contributed by atoms with Crippen LogP contribution in [0.1, 0.15) is 17.4 Å². The molecule has 3 aromatic rings. The van der Waals surface area contributed by atoms with Crippen molar-refractivity contribution in [2.45, 2.75) is 6.92 Å². The van der Waals surface area contributed by atoms with Crippen molar-refractivity contribution in [2.24, 2.45) is 0 Å². The third-order valence-electron chi connectivity index (χ3n) is 2.78. The maximum atomic E-state index is 13.8. The van der Waals surface area contributed by atoms with Crippen LogP contribution >= 0.6 is 0 Å². The molecule has 0 aliphatic carbocycles. The van der Waals surface area contributed by atoms with Gasteiger partial charge in [-0.2, -0.15) is 4.98 Å². The molecule has 0 aliphatic rings. The number of nitrogens with zero attached hydrogens (tertiary/aromatic N) is 2. The molecule has 0 atom stereocenters. The molecule has 0 fully saturated rings. The smallest absolute Gasteiger partial charge is 0.306 e. The lowest BCUT2D eigenvalue weighted by Gasteiger charge is -2.02. The van der Waals surface area contributed by atoms with Gasteiger partial charge in [-0.05, 0) is 12.1 Å². The average Bonchev–Trinajstić information content (AvgIpc) is 2.87. The van der Waals surface area contributed by atoms with Crippen LogP contribution in [-0.2, 0) is 0 Å². The fraction of sp³-hybridized carbons (Fsp3) is 0.0769. The summed E-state index contributed by atoms with van der Waals surface area (Å²) in [6.07, 6.45) is 2.89. The molecule has 4 nitrogen and oxygen atoms in total. The van der Waals surface area contributed by atoms with E-state index in [1.165, 1.54) is 29.9 Å². The minimum absolute atomic E-state index is 0.0606. The lowest BCUT2D eigenvalue weighted by molar-refractivity contribution is 0.101. The van der Waals surface area contributed by atoms with Crippen molar-refractivity contribution in [1.82, 2.24) is 9.38 Å². The molecule has 0 N–H and O–H groups in total. The second-order valence-electron chi connectivity index (χ2n) is 4.04. The number of oxazole rings is 1. The van der Waals surface area contributed by atoms with E-state index in [2.05, 4.69) is 4.98 Å². The summed E-state index contributed by atoms with van der Waals surface area (Å²) in [5, 5.41) is 0. The molecule has 0 saturated carbocycles. The number of carbonyl (C=O) groups excluding carboxylic acids is 1. The van der Waals surface area contributed by atoms with Gasteiger partial charge in [-0.15, -0.1) is 0 Å². The Morgan fingerprint density at radius 3 is 2.84 bits per heavy atom. The fourth-order valence-electron chi connectivity index (χ4n) is 1.99. The molecule has 1 aromatic carbocycles. The molecule has 0 aliphatic heterocycles. The zero-order valence-corrected chi connectivity index (χ0v) is 9.85. The normalized spacial score (nSPS) is 11.1. The van der Waals surface area contributed by atoms with E-state index in [-0.39, 0.29) is 28.6 Å². The summed E-state index contributed by atoms with van der Waals surface area (Å²) in [4.78, 5) is 15.8. The number of hydrogen-bond donors (Lipinski definition) is 0. The van der Waals surface area contributed by atoms with Gasteiger partial charge in [0.25, 0.3) is 0 Å². The first-order valence-corrected chi connectivity index (χ1v) is 5.50. The van der Waals surface area contributed by atoms with E-state index in [0.29, 0.717) is 0 Å². The maximum Gasteiger partial charge on any atom is 0.306 e. The van der Waals surface area contributed by atoms with Crippen molar-refractivity contribution >= 4 is 11.6 Å². The number of aromatic nitrogens is 2. The fourth-order valence-corrected chi connectivity index (χ4v) is 1.99. The first-order chi connectivity index (χ1) is 9.08. The van der Waals surface area contributed by atoms with E-state index in [4.69, 9.17) is 4.42 Å². The number of benzene rings is 1. The highest BCUT2D eigenvalue weighted by Crippen LogP contribution is 2.27. The minimum Gasteiger partial charge on any atom is -0.432 e. The topological polar surface area (TPSA) is 47.5 Å². The summed E-state index contributed by atoms with van der Waals surface area (Å²) in [5.41, 5.74) is 0.407. The van der Waals surface area contributed by atoms with Crippen LogP contribution in [0.3, 0.4) is 0 Å². The van der Waals surface area contributed by atoms with E-state index in [1.54, 1.807) is 0 Å². The molecular weight excluding hydrogens is 254 g/mol. The zero-order chi connectivity index (χ0) is 13.6. The van der Waals surface area contributed by atoms with Gasteiger partial charge in [0.15, 0.2) is 5.78 Å². The molecule has 3 rings (SSSR count). The van der Waals surface area contributed by atoms with Crippen LogP contribution in [0.2, 0.25) is 0 Å². The molecule has 0 unspecified atom stereocenters. The molecule has 6 heteroatoms. The van der Waals surface area contributed by atoms with E-state index in [0.717, 1.165) is 12.1 Å². The van der Waals surface area contributed by atoms with E-state index < -0.39 is 11.6 Å². The Hall–Kier alpha value is -2.50. The first kappa shape index (κ1) is 11.6. The molecular formula is C13H8F2N2O2. The number of rotatable bonds is 2. The third kappa shape index (κ3) is 1.72. The molecule has 0 bridgehead atoms. The highest BCUT2D eigenvalue weighted by atomic mass is 19.1. The Bertz CT molecular complexity index is 789. The molecule has 0 saturated heterocycles. The number of Topliss-reactive ketones (excluding diaryl/α,β-unsaturated/α-hetero) is 1. The second-order valence-corrected chi connectivity index (χ2v) is 4.04. The van der Waals surface area contributed by atoms with Crippen molar-refractivity contribution in [3.63, 3.8) is 0 Å². The van der Waals surface area contributed by atoms with E-state index in [1.807, 2.05) is 0 Å². The van der Waals surface area contributed by atoms with Gasteiger partial charge in [-0.25, -0.2) is 8.78 Å². The van der Waals surface area contributed by atoms with Crippen molar-refractivity contribution in [3.05, 3.63) is 48.0 Å². The summed E-state index contributed by atoms with van der Waals surface area (Å²) in [6.45, 7) is 1.35. The molecule has 0 amide bonds. The summed E-state index contributed by atoms with van der Waals surface area (Å²) < 4.78 is 33.2. The molecule has 96 valence electrons.